The SMILES string of the molecule is CCCNCc1cccc(Br)c1OCCCC(=O)N(C)C. The second-order valence-electron chi connectivity index (χ2n) is 5.15. The van der Waals surface area contributed by atoms with Gasteiger partial charge in [0.1, 0.15) is 5.75 Å². The van der Waals surface area contributed by atoms with E-state index < -0.39 is 0 Å². The molecule has 0 saturated carbocycles. The molecule has 4 nitrogen and oxygen atoms in total. The standard InChI is InChI=1S/C16H25BrN2O2/c1-4-10-18-12-13-7-5-8-14(17)16(13)21-11-6-9-15(20)19(2)3/h5,7-8,18H,4,6,9-12H2,1-3H3. The molecule has 1 amide bonds. The Morgan fingerprint density at radius 1 is 1.38 bits per heavy atom. The second-order valence-corrected chi connectivity index (χ2v) is 6.00. The van der Waals surface area contributed by atoms with Gasteiger partial charge in [0.15, 0.2) is 0 Å². The van der Waals surface area contributed by atoms with Crippen LogP contribution in [0.3, 0.4) is 0 Å². The Morgan fingerprint density at radius 3 is 2.81 bits per heavy atom. The van der Waals surface area contributed by atoms with Gasteiger partial charge in [0.25, 0.3) is 0 Å². The van der Waals surface area contributed by atoms with Crippen molar-refractivity contribution in [3.05, 3.63) is 28.2 Å². The van der Waals surface area contributed by atoms with Crippen LogP contribution >= 0.6 is 15.9 Å². The van der Waals surface area contributed by atoms with Gasteiger partial charge < -0.3 is 15.0 Å². The van der Waals surface area contributed by atoms with Crippen molar-refractivity contribution < 1.29 is 9.53 Å². The summed E-state index contributed by atoms with van der Waals surface area (Å²) >= 11 is 3.53. The van der Waals surface area contributed by atoms with E-state index in [1.165, 1.54) is 0 Å². The highest BCUT2D eigenvalue weighted by Gasteiger charge is 2.09. The summed E-state index contributed by atoms with van der Waals surface area (Å²) in [5.41, 5.74) is 1.14. The summed E-state index contributed by atoms with van der Waals surface area (Å²) in [6, 6.07) is 6.05. The molecule has 1 rings (SSSR count). The molecule has 0 atom stereocenters. The largest absolute Gasteiger partial charge is 0.492 e. The molecule has 118 valence electrons. The van der Waals surface area contributed by atoms with Crippen LogP contribution < -0.4 is 10.1 Å². The van der Waals surface area contributed by atoms with Crippen LogP contribution in [0, 0.1) is 0 Å². The average Bonchev–Trinajstić information content (AvgIpc) is 2.45. The number of nitrogens with zero attached hydrogens (tertiary/aromatic N) is 1. The lowest BCUT2D eigenvalue weighted by atomic mass is 10.2. The van der Waals surface area contributed by atoms with Gasteiger partial charge in [0.2, 0.25) is 5.91 Å². The summed E-state index contributed by atoms with van der Waals surface area (Å²) in [6.07, 6.45) is 2.35. The third-order valence-corrected chi connectivity index (χ3v) is 3.70. The first-order valence-electron chi connectivity index (χ1n) is 7.37. The number of hydrogen-bond acceptors (Lipinski definition) is 3. The van der Waals surface area contributed by atoms with Gasteiger partial charge in [0.05, 0.1) is 11.1 Å². The topological polar surface area (TPSA) is 41.6 Å². The maximum Gasteiger partial charge on any atom is 0.222 e. The molecule has 1 aromatic carbocycles. The molecule has 5 heteroatoms. The van der Waals surface area contributed by atoms with Gasteiger partial charge in [-0.15, -0.1) is 0 Å². The summed E-state index contributed by atoms with van der Waals surface area (Å²) in [6.45, 7) is 4.47. The highest BCUT2D eigenvalue weighted by molar-refractivity contribution is 9.10. The molecule has 0 unspecified atom stereocenters. The molecule has 0 spiro atoms. The quantitative estimate of drug-likeness (QED) is 0.690. The molecule has 0 heterocycles. The number of ether oxygens (including phenoxy) is 1. The lowest BCUT2D eigenvalue weighted by Crippen LogP contribution is -2.21. The van der Waals surface area contributed by atoms with Crippen molar-refractivity contribution in [1.29, 1.82) is 0 Å². The molecule has 0 aromatic heterocycles. The van der Waals surface area contributed by atoms with Gasteiger partial charge in [-0.1, -0.05) is 19.1 Å². The van der Waals surface area contributed by atoms with E-state index in [-0.39, 0.29) is 5.91 Å². The zero-order valence-electron chi connectivity index (χ0n) is 13.1. The van der Waals surface area contributed by atoms with Gasteiger partial charge in [-0.05, 0) is 41.4 Å². The van der Waals surface area contributed by atoms with Crippen molar-refractivity contribution in [3.63, 3.8) is 0 Å². The van der Waals surface area contributed by atoms with Crippen molar-refractivity contribution in [2.24, 2.45) is 0 Å². The molecular weight excluding hydrogens is 332 g/mol. The van der Waals surface area contributed by atoms with Crippen molar-refractivity contribution in [2.75, 3.05) is 27.2 Å². The first-order valence-corrected chi connectivity index (χ1v) is 8.16. The minimum absolute atomic E-state index is 0.135. The maximum absolute atomic E-state index is 11.5. The Labute approximate surface area is 136 Å². The van der Waals surface area contributed by atoms with Crippen LogP contribution in [0.15, 0.2) is 22.7 Å². The van der Waals surface area contributed by atoms with E-state index in [1.54, 1.807) is 19.0 Å². The summed E-state index contributed by atoms with van der Waals surface area (Å²) in [5, 5.41) is 3.38. The average molecular weight is 357 g/mol. The van der Waals surface area contributed by atoms with E-state index in [0.717, 1.165) is 41.7 Å². The van der Waals surface area contributed by atoms with Crippen LogP contribution in [0.2, 0.25) is 0 Å². The van der Waals surface area contributed by atoms with Crippen molar-refractivity contribution >= 4 is 21.8 Å². The first-order chi connectivity index (χ1) is 10.1. The van der Waals surface area contributed by atoms with Crippen LogP contribution in [0.1, 0.15) is 31.7 Å². The minimum atomic E-state index is 0.135. The molecular formula is C16H25BrN2O2. The van der Waals surface area contributed by atoms with E-state index in [4.69, 9.17) is 4.74 Å². The molecule has 1 N–H and O–H groups in total. The Balaban J connectivity index is 2.51. The highest BCUT2D eigenvalue weighted by atomic mass is 79.9. The Hall–Kier alpha value is -1.07. The van der Waals surface area contributed by atoms with E-state index >= 15 is 0 Å². The molecule has 0 saturated heterocycles. The summed E-state index contributed by atoms with van der Waals surface area (Å²) in [5.74, 6) is 1.01. The van der Waals surface area contributed by atoms with Crippen LogP contribution in [0.5, 0.6) is 5.75 Å². The fourth-order valence-corrected chi connectivity index (χ4v) is 2.40. The third-order valence-electron chi connectivity index (χ3n) is 3.07. The van der Waals surface area contributed by atoms with E-state index in [9.17, 15) is 4.79 Å². The van der Waals surface area contributed by atoms with Crippen molar-refractivity contribution in [3.8, 4) is 5.75 Å². The number of nitrogens with one attached hydrogen (secondary N) is 1. The molecule has 0 aliphatic heterocycles. The number of carbonyl (C=O) groups is 1. The minimum Gasteiger partial charge on any atom is -0.492 e. The molecule has 1 aromatic rings. The number of rotatable bonds is 9. The van der Waals surface area contributed by atoms with Crippen LogP contribution in [-0.4, -0.2) is 38.1 Å². The lowest BCUT2D eigenvalue weighted by molar-refractivity contribution is -0.128. The lowest BCUT2D eigenvalue weighted by Gasteiger charge is -2.14. The maximum atomic E-state index is 11.5. The Morgan fingerprint density at radius 2 is 2.14 bits per heavy atom. The number of hydrogen-bond donors (Lipinski definition) is 1. The van der Waals surface area contributed by atoms with Gasteiger partial charge in [-0.3, -0.25) is 4.79 Å². The van der Waals surface area contributed by atoms with E-state index in [2.05, 4.69) is 34.2 Å². The molecule has 0 radical (unpaired) electrons. The zero-order chi connectivity index (χ0) is 15.7. The Kier molecular flexibility index (Phi) is 8.38. The van der Waals surface area contributed by atoms with Crippen LogP contribution in [0.25, 0.3) is 0 Å². The van der Waals surface area contributed by atoms with Gasteiger partial charge >= 0.3 is 0 Å². The van der Waals surface area contributed by atoms with Crippen LogP contribution in [-0.2, 0) is 11.3 Å². The normalized spacial score (nSPS) is 10.5. The summed E-state index contributed by atoms with van der Waals surface area (Å²) < 4.78 is 6.83. The smallest absolute Gasteiger partial charge is 0.222 e. The monoisotopic (exact) mass is 356 g/mol. The summed E-state index contributed by atoms with van der Waals surface area (Å²) in [7, 11) is 3.54. The van der Waals surface area contributed by atoms with Crippen LogP contribution in [0.4, 0.5) is 0 Å². The van der Waals surface area contributed by atoms with E-state index in [1.807, 2.05) is 12.1 Å². The zero-order valence-corrected chi connectivity index (χ0v) is 14.7. The predicted molar refractivity (Wildman–Crippen MR) is 89.6 cm³/mol. The number of halogens is 1. The Bertz CT molecular complexity index is 450. The molecule has 0 aliphatic rings. The molecule has 0 aliphatic carbocycles. The fraction of sp³-hybridized carbons (Fsp3) is 0.562. The van der Waals surface area contributed by atoms with Crippen molar-refractivity contribution in [1.82, 2.24) is 10.2 Å². The van der Waals surface area contributed by atoms with Crippen molar-refractivity contribution in [2.45, 2.75) is 32.7 Å². The predicted octanol–water partition coefficient (Wildman–Crippen LogP) is 3.20. The highest BCUT2D eigenvalue weighted by Crippen LogP contribution is 2.29. The third kappa shape index (κ3) is 6.48. The molecule has 0 fully saturated rings. The van der Waals surface area contributed by atoms with E-state index in [0.29, 0.717) is 13.0 Å². The first kappa shape index (κ1) is 18.0. The van der Waals surface area contributed by atoms with Gasteiger partial charge in [-0.25, -0.2) is 0 Å². The number of para-hydroxylation sites is 1. The number of amides is 1. The van der Waals surface area contributed by atoms with Gasteiger partial charge in [-0.2, -0.15) is 0 Å². The number of benzene rings is 1. The molecule has 0 bridgehead atoms. The molecule has 21 heavy (non-hydrogen) atoms. The number of carbonyl (C=O) groups excluding carboxylic acids is 1. The second kappa shape index (κ2) is 9.79. The summed E-state index contributed by atoms with van der Waals surface area (Å²) in [4.78, 5) is 13.1. The fourth-order valence-electron chi connectivity index (χ4n) is 1.88. The van der Waals surface area contributed by atoms with Gasteiger partial charge in [0, 0.05) is 32.6 Å².